The summed E-state index contributed by atoms with van der Waals surface area (Å²) in [4.78, 5) is 28.0. The van der Waals surface area contributed by atoms with Gasteiger partial charge in [-0.25, -0.2) is 0 Å². The summed E-state index contributed by atoms with van der Waals surface area (Å²) in [7, 11) is 0. The molecular formula is C30H21NO3. The maximum absolute atomic E-state index is 13.0. The molecule has 0 fully saturated rings. The van der Waals surface area contributed by atoms with E-state index in [-0.39, 0.29) is 17.1 Å². The molecule has 4 heteroatoms. The molecule has 34 heavy (non-hydrogen) atoms. The second kappa shape index (κ2) is 8.68. The average Bonchev–Trinajstić information content (AvgIpc) is 3.48. The van der Waals surface area contributed by atoms with Crippen molar-refractivity contribution < 1.29 is 14.0 Å². The molecule has 1 heterocycles. The standard InChI is InChI=1S/C30H21NO3/c1-3-21-18-25-26(19-22(21)4-2)30(33)27(29(25)32)17-20-12-14-24(15-13-20)31(28-11-8-16-34-28)23-9-6-5-7-10-23/h3-19H,1-2H2. The Morgan fingerprint density at radius 1 is 0.706 bits per heavy atom. The number of fused-ring (bicyclic) bond motifs is 1. The molecule has 4 nitrogen and oxygen atoms in total. The van der Waals surface area contributed by atoms with Crippen LogP contribution in [0.2, 0.25) is 0 Å². The van der Waals surface area contributed by atoms with Gasteiger partial charge in [0.05, 0.1) is 11.8 Å². The topological polar surface area (TPSA) is 50.5 Å². The third-order valence-corrected chi connectivity index (χ3v) is 5.84. The zero-order valence-corrected chi connectivity index (χ0v) is 18.4. The predicted molar refractivity (Wildman–Crippen MR) is 137 cm³/mol. The van der Waals surface area contributed by atoms with Crippen LogP contribution in [0.15, 0.2) is 108 Å². The number of anilines is 3. The molecule has 1 aromatic heterocycles. The van der Waals surface area contributed by atoms with E-state index in [1.54, 1.807) is 36.6 Å². The number of hydrogen-bond acceptors (Lipinski definition) is 4. The molecule has 4 aromatic rings. The van der Waals surface area contributed by atoms with Crippen LogP contribution in [0.3, 0.4) is 0 Å². The highest BCUT2D eigenvalue weighted by molar-refractivity contribution is 6.41. The molecule has 0 bridgehead atoms. The molecular weight excluding hydrogens is 422 g/mol. The molecule has 0 aliphatic heterocycles. The van der Waals surface area contributed by atoms with Crippen LogP contribution >= 0.6 is 0 Å². The number of carbonyl (C=O) groups is 2. The summed E-state index contributed by atoms with van der Waals surface area (Å²) in [6.07, 6.45) is 6.60. The lowest BCUT2D eigenvalue weighted by Gasteiger charge is -2.22. The van der Waals surface area contributed by atoms with E-state index in [9.17, 15) is 9.59 Å². The van der Waals surface area contributed by atoms with E-state index < -0.39 is 0 Å². The van der Waals surface area contributed by atoms with Crippen molar-refractivity contribution in [2.24, 2.45) is 0 Å². The first kappa shape index (κ1) is 21.2. The molecule has 0 radical (unpaired) electrons. The number of ketones is 2. The van der Waals surface area contributed by atoms with E-state index in [2.05, 4.69) is 13.2 Å². The van der Waals surface area contributed by atoms with Gasteiger partial charge in [-0.1, -0.05) is 55.6 Å². The van der Waals surface area contributed by atoms with Gasteiger partial charge in [-0.05, 0) is 65.2 Å². The van der Waals surface area contributed by atoms with Crippen molar-refractivity contribution in [3.63, 3.8) is 0 Å². The van der Waals surface area contributed by atoms with Gasteiger partial charge in [-0.3, -0.25) is 14.5 Å². The van der Waals surface area contributed by atoms with Crippen molar-refractivity contribution in [1.82, 2.24) is 0 Å². The van der Waals surface area contributed by atoms with Gasteiger partial charge in [-0.15, -0.1) is 0 Å². The van der Waals surface area contributed by atoms with Crippen molar-refractivity contribution in [3.05, 3.63) is 132 Å². The Kier molecular flexibility index (Phi) is 5.40. The highest BCUT2D eigenvalue weighted by Gasteiger charge is 2.33. The summed E-state index contributed by atoms with van der Waals surface area (Å²) in [6.45, 7) is 7.58. The fourth-order valence-electron chi connectivity index (χ4n) is 4.15. The Morgan fingerprint density at radius 2 is 1.29 bits per heavy atom. The molecule has 0 saturated carbocycles. The Bertz CT molecular complexity index is 1390. The smallest absolute Gasteiger partial charge is 0.204 e. The average molecular weight is 444 g/mol. The predicted octanol–water partition coefficient (Wildman–Crippen LogP) is 7.50. The molecule has 0 amide bonds. The fraction of sp³-hybridized carbons (Fsp3) is 0. The summed E-state index contributed by atoms with van der Waals surface area (Å²) >= 11 is 0. The van der Waals surface area contributed by atoms with Gasteiger partial charge < -0.3 is 4.42 Å². The minimum atomic E-state index is -0.274. The molecule has 1 aliphatic carbocycles. The van der Waals surface area contributed by atoms with Crippen LogP contribution in [0.1, 0.15) is 37.4 Å². The molecule has 0 atom stereocenters. The van der Waals surface area contributed by atoms with E-state index in [1.165, 1.54) is 0 Å². The summed E-state index contributed by atoms with van der Waals surface area (Å²) in [6, 6.07) is 24.7. The molecule has 164 valence electrons. The molecule has 1 aliphatic rings. The molecule has 0 saturated heterocycles. The van der Waals surface area contributed by atoms with Crippen LogP contribution in [0.25, 0.3) is 18.2 Å². The van der Waals surface area contributed by atoms with E-state index in [1.807, 2.05) is 71.6 Å². The van der Waals surface area contributed by atoms with Crippen LogP contribution in [0.5, 0.6) is 0 Å². The first-order valence-corrected chi connectivity index (χ1v) is 10.8. The van der Waals surface area contributed by atoms with Gasteiger partial charge in [0, 0.05) is 28.6 Å². The van der Waals surface area contributed by atoms with Crippen LogP contribution in [-0.4, -0.2) is 11.6 Å². The normalized spacial score (nSPS) is 12.4. The van der Waals surface area contributed by atoms with Crippen LogP contribution < -0.4 is 4.90 Å². The lowest BCUT2D eigenvalue weighted by molar-refractivity contribution is 0.0990. The fourth-order valence-corrected chi connectivity index (χ4v) is 4.15. The number of allylic oxidation sites excluding steroid dienone is 1. The van der Waals surface area contributed by atoms with Gasteiger partial charge in [0.1, 0.15) is 0 Å². The minimum absolute atomic E-state index is 0.157. The first-order chi connectivity index (χ1) is 16.6. The molecule has 0 spiro atoms. The third-order valence-electron chi connectivity index (χ3n) is 5.84. The lowest BCUT2D eigenvalue weighted by atomic mass is 9.99. The molecule has 5 rings (SSSR count). The van der Waals surface area contributed by atoms with E-state index in [0.717, 1.165) is 28.1 Å². The Morgan fingerprint density at radius 3 is 1.82 bits per heavy atom. The second-order valence-corrected chi connectivity index (χ2v) is 7.86. The SMILES string of the molecule is C=Cc1cc2c(cc1C=C)C(=O)C(=Cc1ccc(N(c3ccccc3)c3ccco3)cc1)C2=O. The quantitative estimate of drug-likeness (QED) is 0.229. The lowest BCUT2D eigenvalue weighted by Crippen LogP contribution is -2.08. The highest BCUT2D eigenvalue weighted by Crippen LogP contribution is 2.35. The van der Waals surface area contributed by atoms with Crippen LogP contribution in [0, 0.1) is 0 Å². The van der Waals surface area contributed by atoms with Gasteiger partial charge in [0.15, 0.2) is 11.6 Å². The van der Waals surface area contributed by atoms with Crippen LogP contribution in [0.4, 0.5) is 17.3 Å². The largest absolute Gasteiger partial charge is 0.448 e. The summed E-state index contributed by atoms with van der Waals surface area (Å²) in [5.41, 5.74) is 5.12. The number of hydrogen-bond donors (Lipinski definition) is 0. The summed E-state index contributed by atoms with van der Waals surface area (Å²) in [5.74, 6) is 0.138. The van der Waals surface area contributed by atoms with E-state index in [0.29, 0.717) is 17.0 Å². The minimum Gasteiger partial charge on any atom is -0.448 e. The third kappa shape index (κ3) is 3.61. The van der Waals surface area contributed by atoms with Crippen molar-refractivity contribution in [1.29, 1.82) is 0 Å². The number of Topliss-reactive ketones (excluding diaryl/α,β-unsaturated/α-hetero) is 2. The zero-order chi connectivity index (χ0) is 23.7. The Balaban J connectivity index is 1.50. The van der Waals surface area contributed by atoms with Gasteiger partial charge in [0.2, 0.25) is 5.88 Å². The maximum atomic E-state index is 13.0. The Hall–Kier alpha value is -4.70. The van der Waals surface area contributed by atoms with Gasteiger partial charge in [-0.2, -0.15) is 0 Å². The second-order valence-electron chi connectivity index (χ2n) is 7.86. The van der Waals surface area contributed by atoms with Gasteiger partial charge >= 0.3 is 0 Å². The van der Waals surface area contributed by atoms with Crippen molar-refractivity contribution >= 4 is 47.1 Å². The maximum Gasteiger partial charge on any atom is 0.204 e. The first-order valence-electron chi connectivity index (χ1n) is 10.8. The van der Waals surface area contributed by atoms with Crippen LogP contribution in [-0.2, 0) is 0 Å². The highest BCUT2D eigenvalue weighted by atomic mass is 16.3. The molecule has 0 unspecified atom stereocenters. The number of para-hydroxylation sites is 1. The number of rotatable bonds is 6. The number of benzene rings is 3. The number of nitrogens with zero attached hydrogens (tertiary/aromatic N) is 1. The number of furan rings is 1. The monoisotopic (exact) mass is 443 g/mol. The summed E-state index contributed by atoms with van der Waals surface area (Å²) in [5, 5.41) is 0. The molecule has 3 aromatic carbocycles. The summed E-state index contributed by atoms with van der Waals surface area (Å²) < 4.78 is 5.65. The van der Waals surface area contributed by atoms with Crippen molar-refractivity contribution in [2.45, 2.75) is 0 Å². The van der Waals surface area contributed by atoms with E-state index >= 15 is 0 Å². The van der Waals surface area contributed by atoms with Gasteiger partial charge in [0.25, 0.3) is 0 Å². The van der Waals surface area contributed by atoms with Crippen molar-refractivity contribution in [3.8, 4) is 0 Å². The Labute approximate surface area is 197 Å². The number of carbonyl (C=O) groups excluding carboxylic acids is 2. The molecule has 0 N–H and O–H groups in total. The zero-order valence-electron chi connectivity index (χ0n) is 18.4. The van der Waals surface area contributed by atoms with Crippen molar-refractivity contribution in [2.75, 3.05) is 4.90 Å². The van der Waals surface area contributed by atoms with E-state index in [4.69, 9.17) is 4.42 Å².